The van der Waals surface area contributed by atoms with E-state index < -0.39 is 0 Å². The summed E-state index contributed by atoms with van der Waals surface area (Å²) >= 11 is 0. The molecule has 0 heterocycles. The van der Waals surface area contributed by atoms with Crippen LogP contribution in [0, 0.1) is 5.92 Å². The molecule has 0 amide bonds. The van der Waals surface area contributed by atoms with Crippen molar-refractivity contribution in [2.24, 2.45) is 5.92 Å². The first kappa shape index (κ1) is 8.31. The third kappa shape index (κ3) is 1.42. The molecule has 12 heavy (non-hydrogen) atoms. The average molecular weight is 166 g/mol. The molecule has 0 bridgehead atoms. The van der Waals surface area contributed by atoms with Crippen LogP contribution in [0.5, 0.6) is 0 Å². The molecule has 1 fully saturated rings. The lowest BCUT2D eigenvalue weighted by Gasteiger charge is -2.36. The van der Waals surface area contributed by atoms with Gasteiger partial charge in [0.1, 0.15) is 0 Å². The zero-order chi connectivity index (χ0) is 8.44. The quantitative estimate of drug-likeness (QED) is 0.594. The van der Waals surface area contributed by atoms with E-state index in [2.05, 4.69) is 12.2 Å². The molecule has 2 aliphatic rings. The number of hydrogen-bond acceptors (Lipinski definition) is 1. The van der Waals surface area contributed by atoms with E-state index in [1.807, 2.05) is 0 Å². The third-order valence-corrected chi connectivity index (χ3v) is 3.42. The van der Waals surface area contributed by atoms with Gasteiger partial charge >= 0.3 is 0 Å². The van der Waals surface area contributed by atoms with Crippen LogP contribution in [0.4, 0.5) is 0 Å². The first-order valence-corrected chi connectivity index (χ1v) is 5.20. The Labute approximate surface area is 74.5 Å². The highest BCUT2D eigenvalue weighted by Gasteiger charge is 2.36. The van der Waals surface area contributed by atoms with Crippen LogP contribution in [0.25, 0.3) is 0 Å². The molecule has 0 aromatic heterocycles. The van der Waals surface area contributed by atoms with E-state index in [4.69, 9.17) is 0 Å². The van der Waals surface area contributed by atoms with Gasteiger partial charge in [0.15, 0.2) is 0 Å². The summed E-state index contributed by atoms with van der Waals surface area (Å²) < 4.78 is 0. The largest absolute Gasteiger partial charge is 0.389 e. The summed E-state index contributed by atoms with van der Waals surface area (Å²) in [7, 11) is 0. The number of aliphatic hydroxyl groups is 1. The Hall–Kier alpha value is -0.300. The zero-order valence-corrected chi connectivity index (χ0v) is 7.63. The summed E-state index contributed by atoms with van der Waals surface area (Å²) in [6, 6.07) is 0. The molecule has 0 aliphatic heterocycles. The van der Waals surface area contributed by atoms with Crippen LogP contribution in [0.1, 0.15) is 44.9 Å². The molecule has 0 saturated heterocycles. The van der Waals surface area contributed by atoms with E-state index in [9.17, 15) is 5.11 Å². The fourth-order valence-corrected chi connectivity index (χ4v) is 2.62. The van der Waals surface area contributed by atoms with Crippen LogP contribution >= 0.6 is 0 Å². The molecule has 0 aromatic carbocycles. The molecule has 68 valence electrons. The second-order valence-corrected chi connectivity index (χ2v) is 4.28. The van der Waals surface area contributed by atoms with Gasteiger partial charge in [0.2, 0.25) is 0 Å². The van der Waals surface area contributed by atoms with Gasteiger partial charge in [-0.1, -0.05) is 31.4 Å². The van der Waals surface area contributed by atoms with Crippen molar-refractivity contribution < 1.29 is 5.11 Å². The van der Waals surface area contributed by atoms with E-state index >= 15 is 0 Å². The van der Waals surface area contributed by atoms with Crippen molar-refractivity contribution in [3.05, 3.63) is 12.2 Å². The fourth-order valence-electron chi connectivity index (χ4n) is 2.62. The Kier molecular flexibility index (Phi) is 2.22. The fraction of sp³-hybridized carbons (Fsp3) is 0.818. The maximum absolute atomic E-state index is 10.3. The predicted octanol–water partition coefficient (Wildman–Crippen LogP) is 2.65. The Morgan fingerprint density at radius 2 is 1.92 bits per heavy atom. The molecular formula is C11H18O. The van der Waals surface area contributed by atoms with Crippen molar-refractivity contribution in [2.75, 3.05) is 0 Å². The predicted molar refractivity (Wildman–Crippen MR) is 49.9 cm³/mol. The summed E-state index contributed by atoms with van der Waals surface area (Å²) in [5, 5.41) is 10.3. The summed E-state index contributed by atoms with van der Waals surface area (Å²) in [4.78, 5) is 0. The second kappa shape index (κ2) is 3.21. The SMILES string of the molecule is OC1(C2C=CCC2)CCCCC1. The number of allylic oxidation sites excluding steroid dienone is 1. The standard InChI is InChI=1S/C11H18O/c12-11(8-4-1-5-9-11)10-6-2-3-7-10/h2,6,10,12H,1,3-5,7-9H2. The maximum atomic E-state index is 10.3. The summed E-state index contributed by atoms with van der Waals surface area (Å²) in [5.74, 6) is 0.470. The van der Waals surface area contributed by atoms with Gasteiger partial charge in [-0.05, 0) is 25.7 Å². The van der Waals surface area contributed by atoms with E-state index in [-0.39, 0.29) is 5.60 Å². The smallest absolute Gasteiger partial charge is 0.0710 e. The molecule has 0 aromatic rings. The Bertz CT molecular complexity index is 177. The first-order chi connectivity index (χ1) is 5.81. The Balaban J connectivity index is 2.02. The number of hydrogen-bond donors (Lipinski definition) is 1. The molecule has 0 radical (unpaired) electrons. The van der Waals surface area contributed by atoms with Gasteiger partial charge in [-0.3, -0.25) is 0 Å². The van der Waals surface area contributed by atoms with Gasteiger partial charge in [-0.25, -0.2) is 0 Å². The van der Waals surface area contributed by atoms with E-state index in [0.29, 0.717) is 5.92 Å². The van der Waals surface area contributed by atoms with Crippen molar-refractivity contribution in [1.82, 2.24) is 0 Å². The zero-order valence-electron chi connectivity index (χ0n) is 7.63. The lowest BCUT2D eigenvalue weighted by atomic mass is 9.75. The van der Waals surface area contributed by atoms with E-state index in [1.165, 1.54) is 32.1 Å². The minimum absolute atomic E-state index is 0.328. The van der Waals surface area contributed by atoms with Crippen LogP contribution in [-0.4, -0.2) is 10.7 Å². The van der Waals surface area contributed by atoms with Crippen molar-refractivity contribution in [1.29, 1.82) is 0 Å². The molecule has 1 heteroatoms. The molecule has 1 nitrogen and oxygen atoms in total. The van der Waals surface area contributed by atoms with Crippen molar-refractivity contribution in [3.63, 3.8) is 0 Å². The van der Waals surface area contributed by atoms with Gasteiger partial charge in [0.25, 0.3) is 0 Å². The third-order valence-electron chi connectivity index (χ3n) is 3.42. The van der Waals surface area contributed by atoms with Gasteiger partial charge in [0.05, 0.1) is 5.60 Å². The van der Waals surface area contributed by atoms with Crippen molar-refractivity contribution >= 4 is 0 Å². The Morgan fingerprint density at radius 3 is 2.50 bits per heavy atom. The van der Waals surface area contributed by atoms with Crippen LogP contribution in [-0.2, 0) is 0 Å². The number of rotatable bonds is 1. The lowest BCUT2D eigenvalue weighted by Crippen LogP contribution is -2.38. The molecule has 0 spiro atoms. The minimum atomic E-state index is -0.328. The van der Waals surface area contributed by atoms with E-state index in [1.54, 1.807) is 0 Å². The molecular weight excluding hydrogens is 148 g/mol. The van der Waals surface area contributed by atoms with Gasteiger partial charge in [-0.2, -0.15) is 0 Å². The van der Waals surface area contributed by atoms with Gasteiger partial charge < -0.3 is 5.11 Å². The monoisotopic (exact) mass is 166 g/mol. The molecule has 1 N–H and O–H groups in total. The Morgan fingerprint density at radius 1 is 1.17 bits per heavy atom. The molecule has 1 atom stereocenters. The molecule has 1 saturated carbocycles. The van der Waals surface area contributed by atoms with Crippen molar-refractivity contribution in [2.45, 2.75) is 50.5 Å². The summed E-state index contributed by atoms with van der Waals surface area (Å²) in [6.45, 7) is 0. The minimum Gasteiger partial charge on any atom is -0.389 e. The van der Waals surface area contributed by atoms with Gasteiger partial charge in [-0.15, -0.1) is 0 Å². The summed E-state index contributed by atoms with van der Waals surface area (Å²) in [5.41, 5.74) is -0.328. The lowest BCUT2D eigenvalue weighted by molar-refractivity contribution is -0.0328. The molecule has 1 unspecified atom stereocenters. The second-order valence-electron chi connectivity index (χ2n) is 4.28. The maximum Gasteiger partial charge on any atom is 0.0710 e. The van der Waals surface area contributed by atoms with Crippen LogP contribution in [0.3, 0.4) is 0 Å². The highest BCUT2D eigenvalue weighted by molar-refractivity contribution is 5.05. The molecule has 2 aliphatic carbocycles. The van der Waals surface area contributed by atoms with Gasteiger partial charge in [0, 0.05) is 5.92 Å². The van der Waals surface area contributed by atoms with Crippen LogP contribution < -0.4 is 0 Å². The molecule has 2 rings (SSSR count). The summed E-state index contributed by atoms with van der Waals surface area (Å²) in [6.07, 6.45) is 12.6. The van der Waals surface area contributed by atoms with Crippen LogP contribution in [0.15, 0.2) is 12.2 Å². The average Bonchev–Trinajstić information content (AvgIpc) is 2.58. The first-order valence-electron chi connectivity index (χ1n) is 5.20. The van der Waals surface area contributed by atoms with E-state index in [0.717, 1.165) is 12.8 Å². The normalized spacial score (nSPS) is 33.9. The highest BCUT2D eigenvalue weighted by Crippen LogP contribution is 2.39. The van der Waals surface area contributed by atoms with Crippen LogP contribution in [0.2, 0.25) is 0 Å². The highest BCUT2D eigenvalue weighted by atomic mass is 16.3. The topological polar surface area (TPSA) is 20.2 Å². The van der Waals surface area contributed by atoms with Crippen molar-refractivity contribution in [3.8, 4) is 0 Å².